The summed E-state index contributed by atoms with van der Waals surface area (Å²) >= 11 is 0. The summed E-state index contributed by atoms with van der Waals surface area (Å²) in [5.74, 6) is 0. The summed E-state index contributed by atoms with van der Waals surface area (Å²) < 4.78 is 0. The van der Waals surface area contributed by atoms with Gasteiger partial charge >= 0.3 is 63.6 Å². The fourth-order valence-corrected chi connectivity index (χ4v) is 0. The predicted octanol–water partition coefficient (Wildman–Crippen LogP) is -18.4. The van der Waals surface area contributed by atoms with E-state index in [0.717, 1.165) is 0 Å². The first-order valence-corrected chi connectivity index (χ1v) is 0. The molecule has 0 aromatic heterocycles. The fraction of sp³-hybridized carbons (Fsp3) is 0. The van der Waals surface area contributed by atoms with Crippen LogP contribution in [0.5, 0.6) is 0 Å². The largest absolute Gasteiger partial charge is 3.00 e. The van der Waals surface area contributed by atoms with Crippen LogP contribution >= 0.6 is 0 Å². The van der Waals surface area contributed by atoms with Crippen LogP contribution in [0, 0.1) is 37.7 Å². The molecule has 0 N–H and O–H groups in total. The number of rotatable bonds is 0. The van der Waals surface area contributed by atoms with Crippen molar-refractivity contribution in [3.05, 3.63) is 0 Å². The molecule has 0 aromatic carbocycles. The third-order valence-electron chi connectivity index (χ3n) is 0. The second-order valence-corrected chi connectivity index (χ2v) is 0. The Morgan fingerprint density at radius 2 is 0.375 bits per heavy atom. The van der Waals surface area contributed by atoms with Crippen molar-refractivity contribution in [2.75, 3.05) is 0 Å². The molecule has 0 aliphatic rings. The third-order valence-corrected chi connectivity index (χ3v) is 0. The van der Waals surface area contributed by atoms with E-state index in [-0.39, 0.29) is 91.8 Å². The van der Waals surface area contributed by atoms with Crippen molar-refractivity contribution in [3.63, 3.8) is 0 Å². The maximum Gasteiger partial charge on any atom is 3.00 e. The van der Waals surface area contributed by atoms with Crippen LogP contribution in [-0.4, -0.2) is 25.8 Å². The zero-order valence-electron chi connectivity index (χ0n) is 3.15. The second kappa shape index (κ2) is 177. The van der Waals surface area contributed by atoms with Gasteiger partial charge in [-0.2, -0.15) is 0 Å². The molecule has 0 aliphatic carbocycles. The van der Waals surface area contributed by atoms with Gasteiger partial charge in [0.1, 0.15) is 0 Å². The first-order valence-electron chi connectivity index (χ1n) is 0. The predicted molar refractivity (Wildman–Crippen MR) is 5.75 cm³/mol. The third kappa shape index (κ3) is 119. The van der Waals surface area contributed by atoms with Crippen LogP contribution in [0.3, 0.4) is 0 Å². The van der Waals surface area contributed by atoms with E-state index in [0.29, 0.717) is 0 Å². The zero-order valence-corrected chi connectivity index (χ0v) is 8.38. The Kier molecular flexibility index (Phi) is 5580. The van der Waals surface area contributed by atoms with Crippen LogP contribution in [0.4, 0.5) is 0 Å². The molecule has 0 saturated heterocycles. The van der Waals surface area contributed by atoms with Crippen LogP contribution in [0.25, 0.3) is 0 Å². The van der Waals surface area contributed by atoms with Crippen molar-refractivity contribution in [3.8, 4) is 0 Å². The zero-order chi connectivity index (χ0) is 0. The minimum absolute atomic E-state index is 0. The van der Waals surface area contributed by atoms with E-state index in [1.807, 2.05) is 0 Å². The SMILES string of the molecule is [F-].[F-].[F-].[F-].[F-].[F-].[Ho+3].[In+3]. The van der Waals surface area contributed by atoms with E-state index in [1.165, 1.54) is 0 Å². The quantitative estimate of drug-likeness (QED) is 0.283. The molecule has 0 fully saturated rings. The first-order chi connectivity index (χ1) is 0. The van der Waals surface area contributed by atoms with Gasteiger partial charge in [-0.15, -0.1) is 0 Å². The molecule has 0 aromatic rings. The molecule has 0 bridgehead atoms. The van der Waals surface area contributed by atoms with Crippen molar-refractivity contribution < 1.29 is 66.0 Å². The van der Waals surface area contributed by atoms with Gasteiger partial charge in [0.2, 0.25) is 0 Å². The molecular formula is F6HoIn. The second-order valence-electron chi connectivity index (χ2n) is 0. The summed E-state index contributed by atoms with van der Waals surface area (Å²) in [5, 5.41) is 0. The van der Waals surface area contributed by atoms with Crippen LogP contribution in [-0.2, 0) is 0 Å². The van der Waals surface area contributed by atoms with Crippen LogP contribution in [0.2, 0.25) is 0 Å². The molecule has 0 heterocycles. The average molecular weight is 394 g/mol. The van der Waals surface area contributed by atoms with Crippen LogP contribution in [0.1, 0.15) is 0 Å². The smallest absolute Gasteiger partial charge is 1.00 e. The molecule has 8 heavy (non-hydrogen) atoms. The van der Waals surface area contributed by atoms with Gasteiger partial charge in [-0.1, -0.05) is 0 Å². The summed E-state index contributed by atoms with van der Waals surface area (Å²) in [7, 11) is 0. The summed E-state index contributed by atoms with van der Waals surface area (Å²) in [6, 6.07) is 0. The maximum absolute atomic E-state index is 0. The molecule has 0 rings (SSSR count). The van der Waals surface area contributed by atoms with Crippen molar-refractivity contribution in [1.29, 1.82) is 0 Å². The summed E-state index contributed by atoms with van der Waals surface area (Å²) in [5.41, 5.74) is 0. The van der Waals surface area contributed by atoms with E-state index in [4.69, 9.17) is 0 Å². The van der Waals surface area contributed by atoms with Gasteiger partial charge in [-0.25, -0.2) is 0 Å². The van der Waals surface area contributed by atoms with E-state index in [9.17, 15) is 0 Å². The van der Waals surface area contributed by atoms with Crippen molar-refractivity contribution in [2.24, 2.45) is 0 Å². The van der Waals surface area contributed by atoms with Gasteiger partial charge in [-0.05, 0) is 0 Å². The molecule has 0 aliphatic heterocycles. The standard InChI is InChI=1S/6FH.Ho.In/h6*1H;;/q;;;;;;2*+3/p-6. The van der Waals surface area contributed by atoms with Crippen LogP contribution < -0.4 is 28.2 Å². The molecule has 8 heteroatoms. The van der Waals surface area contributed by atoms with E-state index < -0.39 is 0 Å². The first kappa shape index (κ1) is 252. The molecular weight excluding hydrogens is 394 g/mol. The topological polar surface area (TPSA) is 0 Å². The Balaban J connectivity index is 0. The summed E-state index contributed by atoms with van der Waals surface area (Å²) in [6.07, 6.45) is 0. The maximum atomic E-state index is 0. The molecule has 0 nitrogen and oxygen atoms in total. The summed E-state index contributed by atoms with van der Waals surface area (Å²) in [4.78, 5) is 0. The molecule has 0 saturated carbocycles. The van der Waals surface area contributed by atoms with Crippen LogP contribution in [0.15, 0.2) is 0 Å². The number of hydrogen-bond donors (Lipinski definition) is 0. The summed E-state index contributed by atoms with van der Waals surface area (Å²) in [6.45, 7) is 0. The molecule has 0 atom stereocenters. The van der Waals surface area contributed by atoms with Crippen molar-refractivity contribution >= 4 is 25.8 Å². The fourth-order valence-electron chi connectivity index (χ4n) is 0. The minimum atomic E-state index is 0. The molecule has 56 valence electrons. The average Bonchev–Trinajstić information content (AvgIpc) is 0. The molecule has 0 radical (unpaired) electrons. The van der Waals surface area contributed by atoms with Crippen molar-refractivity contribution in [2.45, 2.75) is 0 Å². The normalized spacial score (nSPS) is 0. The van der Waals surface area contributed by atoms with Gasteiger partial charge in [0, 0.05) is 0 Å². The van der Waals surface area contributed by atoms with Gasteiger partial charge in [0.15, 0.2) is 0 Å². The van der Waals surface area contributed by atoms with E-state index >= 15 is 0 Å². The Labute approximate surface area is 90.8 Å². The Bertz CT molecular complexity index is 8.49. The van der Waals surface area contributed by atoms with Gasteiger partial charge in [0.25, 0.3) is 0 Å². The van der Waals surface area contributed by atoms with E-state index in [1.54, 1.807) is 0 Å². The van der Waals surface area contributed by atoms with Gasteiger partial charge in [0.05, 0.1) is 0 Å². The van der Waals surface area contributed by atoms with Gasteiger partial charge in [-0.3, -0.25) is 0 Å². The monoisotopic (exact) mass is 394 g/mol. The van der Waals surface area contributed by atoms with E-state index in [2.05, 4.69) is 0 Å². The number of halogens is 6. The Morgan fingerprint density at radius 1 is 0.375 bits per heavy atom. The molecule has 0 unspecified atom stereocenters. The number of hydrogen-bond acceptors (Lipinski definition) is 0. The van der Waals surface area contributed by atoms with Crippen molar-refractivity contribution in [1.82, 2.24) is 0 Å². The Morgan fingerprint density at radius 3 is 0.375 bits per heavy atom. The minimum Gasteiger partial charge on any atom is -1.00 e. The molecule has 0 amide bonds. The molecule has 0 spiro atoms. The Hall–Kier alpha value is 1.71. The van der Waals surface area contributed by atoms with Gasteiger partial charge < -0.3 is 28.2 Å².